The molecule has 0 atom stereocenters. The Labute approximate surface area is 190 Å². The van der Waals surface area contributed by atoms with Crippen molar-refractivity contribution in [2.75, 3.05) is 50.8 Å². The van der Waals surface area contributed by atoms with E-state index < -0.39 is 10.0 Å². The van der Waals surface area contributed by atoms with Crippen LogP contribution >= 0.6 is 34.7 Å². The second kappa shape index (κ2) is 9.58. The van der Waals surface area contributed by atoms with Crippen LogP contribution in [-0.2, 0) is 16.6 Å². The third kappa shape index (κ3) is 4.87. The van der Waals surface area contributed by atoms with Crippen LogP contribution in [0.1, 0.15) is 15.2 Å². The summed E-state index contributed by atoms with van der Waals surface area (Å²) in [5.41, 5.74) is 1.19. The number of nitrogens with zero attached hydrogens (tertiary/aromatic N) is 3. The van der Waals surface area contributed by atoms with Crippen LogP contribution < -0.4 is 0 Å². The monoisotopic (exact) mass is 485 g/mol. The Bertz CT molecular complexity index is 980. The molecule has 4 rings (SSSR count). The van der Waals surface area contributed by atoms with E-state index in [2.05, 4.69) is 4.90 Å². The van der Waals surface area contributed by atoms with Crippen molar-refractivity contribution in [3.8, 4) is 0 Å². The third-order valence-corrected chi connectivity index (χ3v) is 9.56. The lowest BCUT2D eigenvalue weighted by Crippen LogP contribution is -2.48. The van der Waals surface area contributed by atoms with Gasteiger partial charge in [-0.05, 0) is 29.1 Å². The van der Waals surface area contributed by atoms with Gasteiger partial charge in [0.05, 0.1) is 0 Å². The van der Waals surface area contributed by atoms with Crippen LogP contribution in [0.4, 0.5) is 0 Å². The van der Waals surface area contributed by atoms with Gasteiger partial charge in [-0.1, -0.05) is 23.7 Å². The van der Waals surface area contributed by atoms with Gasteiger partial charge in [-0.15, -0.1) is 11.3 Å². The van der Waals surface area contributed by atoms with E-state index >= 15 is 0 Å². The van der Waals surface area contributed by atoms with Gasteiger partial charge in [0, 0.05) is 62.3 Å². The molecule has 0 bridgehead atoms. The van der Waals surface area contributed by atoms with Crippen LogP contribution in [-0.4, -0.2) is 79.2 Å². The highest BCUT2D eigenvalue weighted by Gasteiger charge is 2.33. The van der Waals surface area contributed by atoms with Crippen LogP contribution in [0.3, 0.4) is 0 Å². The van der Waals surface area contributed by atoms with Gasteiger partial charge < -0.3 is 4.90 Å². The molecule has 10 heteroatoms. The van der Waals surface area contributed by atoms with Gasteiger partial charge in [-0.25, -0.2) is 8.42 Å². The topological polar surface area (TPSA) is 60.9 Å². The number of carbonyl (C=O) groups excluding carboxylic acids is 1. The summed E-state index contributed by atoms with van der Waals surface area (Å²) in [5.74, 6) is 1.41. The average Bonchev–Trinajstić information content (AvgIpc) is 3.27. The minimum atomic E-state index is -3.63. The van der Waals surface area contributed by atoms with Crippen LogP contribution in [0.2, 0.25) is 5.02 Å². The molecule has 2 aliphatic heterocycles. The first-order valence-corrected chi connectivity index (χ1v) is 13.7. The maximum Gasteiger partial charge on any atom is 0.265 e. The zero-order chi connectivity index (χ0) is 21.1. The maximum absolute atomic E-state index is 13.1. The zero-order valence-corrected chi connectivity index (χ0v) is 19.7. The molecule has 6 nitrogen and oxygen atoms in total. The van der Waals surface area contributed by atoms with Gasteiger partial charge in [-0.2, -0.15) is 16.1 Å². The second-order valence-corrected chi connectivity index (χ2v) is 11.8. The SMILES string of the molecule is O=C(c1sccc1S(=O)(=O)N1CCSCC1)N1CCN(Cc2ccc(Cl)cc2)CC1. The van der Waals surface area contributed by atoms with Crippen LogP contribution in [0.25, 0.3) is 0 Å². The van der Waals surface area contributed by atoms with Gasteiger partial charge in [0.25, 0.3) is 5.91 Å². The van der Waals surface area contributed by atoms with Gasteiger partial charge in [0.1, 0.15) is 9.77 Å². The van der Waals surface area contributed by atoms with Crippen LogP contribution in [0, 0.1) is 0 Å². The smallest absolute Gasteiger partial charge is 0.265 e. The van der Waals surface area contributed by atoms with Crippen molar-refractivity contribution in [3.63, 3.8) is 0 Å². The standard InChI is InChI=1S/C20H24ClN3O3S3/c21-17-3-1-16(2-4-17)15-22-6-8-23(9-7-22)20(25)19-18(5-12-29-19)30(26,27)24-10-13-28-14-11-24/h1-5,12H,6-11,13-15H2. The molecule has 2 aromatic rings. The molecule has 1 aromatic heterocycles. The number of amides is 1. The summed E-state index contributed by atoms with van der Waals surface area (Å²) in [4.78, 5) is 17.7. The molecule has 1 aromatic carbocycles. The molecule has 0 N–H and O–H groups in total. The summed E-state index contributed by atoms with van der Waals surface area (Å²) < 4.78 is 27.6. The largest absolute Gasteiger partial charge is 0.335 e. The fourth-order valence-corrected chi connectivity index (χ4v) is 7.75. The highest BCUT2D eigenvalue weighted by Crippen LogP contribution is 2.28. The lowest BCUT2D eigenvalue weighted by Gasteiger charge is -2.35. The number of halogens is 1. The van der Waals surface area contributed by atoms with Gasteiger partial charge in [-0.3, -0.25) is 9.69 Å². The second-order valence-electron chi connectivity index (χ2n) is 7.33. The van der Waals surface area contributed by atoms with Crippen molar-refractivity contribution in [1.82, 2.24) is 14.1 Å². The first kappa shape index (κ1) is 22.1. The first-order valence-electron chi connectivity index (χ1n) is 9.86. The quantitative estimate of drug-likeness (QED) is 0.651. The lowest BCUT2D eigenvalue weighted by molar-refractivity contribution is 0.0629. The summed E-state index contributed by atoms with van der Waals surface area (Å²) in [7, 11) is -3.63. The van der Waals surface area contributed by atoms with Crippen molar-refractivity contribution in [2.45, 2.75) is 11.4 Å². The molecule has 2 fully saturated rings. The summed E-state index contributed by atoms with van der Waals surface area (Å²) in [6.07, 6.45) is 0. The van der Waals surface area contributed by atoms with Gasteiger partial charge >= 0.3 is 0 Å². The van der Waals surface area contributed by atoms with Crippen molar-refractivity contribution >= 4 is 50.6 Å². The molecule has 0 aliphatic carbocycles. The molecule has 0 unspecified atom stereocenters. The number of hydrogen-bond acceptors (Lipinski definition) is 6. The fourth-order valence-electron chi connectivity index (χ4n) is 3.68. The molecule has 1 amide bonds. The number of thioether (sulfide) groups is 1. The minimum Gasteiger partial charge on any atom is -0.335 e. The van der Waals surface area contributed by atoms with E-state index in [-0.39, 0.29) is 10.8 Å². The molecular weight excluding hydrogens is 462 g/mol. The Morgan fingerprint density at radius 1 is 0.967 bits per heavy atom. The van der Waals surface area contributed by atoms with Crippen molar-refractivity contribution in [2.24, 2.45) is 0 Å². The van der Waals surface area contributed by atoms with E-state index in [0.29, 0.717) is 31.1 Å². The van der Waals surface area contributed by atoms with E-state index in [4.69, 9.17) is 11.6 Å². The first-order chi connectivity index (χ1) is 14.4. The molecule has 162 valence electrons. The van der Waals surface area contributed by atoms with Crippen molar-refractivity contribution < 1.29 is 13.2 Å². The number of thiophene rings is 1. The van der Waals surface area contributed by atoms with E-state index in [1.165, 1.54) is 21.2 Å². The number of rotatable bonds is 5. The molecule has 0 radical (unpaired) electrons. The van der Waals surface area contributed by atoms with Gasteiger partial charge in [0.2, 0.25) is 10.0 Å². The predicted octanol–water partition coefficient (Wildman–Crippen LogP) is 3.10. The van der Waals surface area contributed by atoms with Crippen molar-refractivity contribution in [1.29, 1.82) is 0 Å². The lowest BCUT2D eigenvalue weighted by atomic mass is 10.2. The molecule has 3 heterocycles. The minimum absolute atomic E-state index is 0.160. The number of sulfonamides is 1. The van der Waals surface area contributed by atoms with Crippen LogP contribution in [0.15, 0.2) is 40.6 Å². The molecule has 2 saturated heterocycles. The van der Waals surface area contributed by atoms with E-state index in [1.54, 1.807) is 28.1 Å². The van der Waals surface area contributed by atoms with Gasteiger partial charge in [0.15, 0.2) is 0 Å². The Balaban J connectivity index is 1.40. The molecular formula is C20H24ClN3O3S3. The maximum atomic E-state index is 13.1. The predicted molar refractivity (Wildman–Crippen MR) is 123 cm³/mol. The fraction of sp³-hybridized carbons (Fsp3) is 0.450. The third-order valence-electron chi connectivity index (χ3n) is 5.39. The zero-order valence-electron chi connectivity index (χ0n) is 16.5. The summed E-state index contributed by atoms with van der Waals surface area (Å²) in [6, 6.07) is 9.38. The molecule has 0 saturated carbocycles. The number of carbonyl (C=O) groups is 1. The van der Waals surface area contributed by atoms with Crippen molar-refractivity contribution in [3.05, 3.63) is 51.2 Å². The van der Waals surface area contributed by atoms with E-state index in [0.717, 1.165) is 36.2 Å². The summed E-state index contributed by atoms with van der Waals surface area (Å²) >= 11 is 8.92. The molecule has 2 aliphatic rings. The van der Waals surface area contributed by atoms with E-state index in [9.17, 15) is 13.2 Å². The number of hydrogen-bond donors (Lipinski definition) is 0. The number of benzene rings is 1. The Hall–Kier alpha value is -1.10. The number of piperazine rings is 1. The highest BCUT2D eigenvalue weighted by molar-refractivity contribution is 7.99. The highest BCUT2D eigenvalue weighted by atomic mass is 35.5. The Kier molecular flexibility index (Phi) is 7.06. The summed E-state index contributed by atoms with van der Waals surface area (Å²) in [5, 5.41) is 2.43. The molecule has 30 heavy (non-hydrogen) atoms. The molecule has 0 spiro atoms. The Morgan fingerprint density at radius 3 is 2.30 bits per heavy atom. The van der Waals surface area contributed by atoms with E-state index in [1.807, 2.05) is 24.3 Å². The normalized spacial score (nSPS) is 19.2. The summed E-state index contributed by atoms with van der Waals surface area (Å²) in [6.45, 7) is 4.50. The Morgan fingerprint density at radius 2 is 1.63 bits per heavy atom. The average molecular weight is 486 g/mol. The van der Waals surface area contributed by atoms with Crippen LogP contribution in [0.5, 0.6) is 0 Å².